The van der Waals surface area contributed by atoms with Crippen LogP contribution in [0.2, 0.25) is 0 Å². The van der Waals surface area contributed by atoms with Crippen LogP contribution in [0.5, 0.6) is 5.75 Å². The van der Waals surface area contributed by atoms with E-state index in [9.17, 15) is 9.18 Å². The van der Waals surface area contributed by atoms with E-state index in [0.717, 1.165) is 36.6 Å². The molecule has 0 radical (unpaired) electrons. The van der Waals surface area contributed by atoms with E-state index in [0.29, 0.717) is 17.3 Å². The molecule has 1 aliphatic rings. The number of methoxy groups -OCH3 is 1. The van der Waals surface area contributed by atoms with E-state index in [-0.39, 0.29) is 17.7 Å². The van der Waals surface area contributed by atoms with Crippen LogP contribution in [0.15, 0.2) is 53.7 Å². The van der Waals surface area contributed by atoms with E-state index in [2.05, 4.69) is 10.2 Å². The van der Waals surface area contributed by atoms with Gasteiger partial charge in [-0.2, -0.15) is 0 Å². The molecule has 2 aromatic carbocycles. The Kier molecular flexibility index (Phi) is 6.67. The Balaban J connectivity index is 1.60. The highest BCUT2D eigenvalue weighted by molar-refractivity contribution is 8.00. The van der Waals surface area contributed by atoms with Gasteiger partial charge in [0.25, 0.3) is 0 Å². The van der Waals surface area contributed by atoms with Crippen molar-refractivity contribution in [1.29, 1.82) is 0 Å². The lowest BCUT2D eigenvalue weighted by Crippen LogP contribution is -2.19. The van der Waals surface area contributed by atoms with Crippen molar-refractivity contribution in [3.63, 3.8) is 0 Å². The SMILES string of the molecule is COc1ccc(-c2nnc(SC(C)C(=O)c3ccc(F)cc3)n2CC2CCCO2)cc1. The molecule has 1 aromatic heterocycles. The third-order valence-electron chi connectivity index (χ3n) is 5.26. The Morgan fingerprint density at radius 2 is 1.97 bits per heavy atom. The van der Waals surface area contributed by atoms with Gasteiger partial charge in [0.2, 0.25) is 0 Å². The fraction of sp³-hybridized carbons (Fsp3) is 0.348. The Hall–Kier alpha value is -2.71. The maximum atomic E-state index is 13.2. The predicted molar refractivity (Wildman–Crippen MR) is 117 cm³/mol. The molecule has 0 N–H and O–H groups in total. The molecule has 0 bridgehead atoms. The molecule has 1 fully saturated rings. The maximum absolute atomic E-state index is 13.2. The first-order valence-corrected chi connectivity index (χ1v) is 11.1. The summed E-state index contributed by atoms with van der Waals surface area (Å²) in [7, 11) is 1.63. The lowest BCUT2D eigenvalue weighted by molar-refractivity contribution is 0.0953. The molecule has 162 valence electrons. The summed E-state index contributed by atoms with van der Waals surface area (Å²) in [6.45, 7) is 3.20. The van der Waals surface area contributed by atoms with Gasteiger partial charge in [-0.05, 0) is 68.3 Å². The van der Waals surface area contributed by atoms with Crippen molar-refractivity contribution in [2.75, 3.05) is 13.7 Å². The van der Waals surface area contributed by atoms with Gasteiger partial charge < -0.3 is 9.47 Å². The normalized spacial score (nSPS) is 16.9. The third kappa shape index (κ3) is 4.97. The van der Waals surface area contributed by atoms with Crippen molar-refractivity contribution in [1.82, 2.24) is 14.8 Å². The highest BCUT2D eigenvalue weighted by Gasteiger charge is 2.25. The van der Waals surface area contributed by atoms with Gasteiger partial charge >= 0.3 is 0 Å². The number of carbonyl (C=O) groups excluding carboxylic acids is 1. The number of halogens is 1. The van der Waals surface area contributed by atoms with Crippen LogP contribution in [0.1, 0.15) is 30.1 Å². The number of rotatable bonds is 8. The number of carbonyl (C=O) groups is 1. The van der Waals surface area contributed by atoms with Crippen molar-refractivity contribution in [2.24, 2.45) is 0 Å². The summed E-state index contributed by atoms with van der Waals surface area (Å²) in [6.07, 6.45) is 2.11. The zero-order valence-electron chi connectivity index (χ0n) is 17.5. The van der Waals surface area contributed by atoms with E-state index in [4.69, 9.17) is 9.47 Å². The van der Waals surface area contributed by atoms with Crippen LogP contribution < -0.4 is 4.74 Å². The third-order valence-corrected chi connectivity index (χ3v) is 6.34. The summed E-state index contributed by atoms with van der Waals surface area (Å²) < 4.78 is 26.3. The first-order chi connectivity index (χ1) is 15.0. The number of aromatic nitrogens is 3. The number of hydrogen-bond donors (Lipinski definition) is 0. The average molecular weight is 442 g/mol. The first-order valence-electron chi connectivity index (χ1n) is 10.2. The Morgan fingerprint density at radius 1 is 1.23 bits per heavy atom. The van der Waals surface area contributed by atoms with Gasteiger partial charge in [-0.1, -0.05) is 11.8 Å². The average Bonchev–Trinajstić information content (AvgIpc) is 3.45. The molecular formula is C23H24FN3O3S. The molecule has 6 nitrogen and oxygen atoms in total. The molecule has 1 aliphatic heterocycles. The fourth-order valence-electron chi connectivity index (χ4n) is 3.55. The predicted octanol–water partition coefficient (Wildman–Crippen LogP) is 4.64. The highest BCUT2D eigenvalue weighted by atomic mass is 32.2. The lowest BCUT2D eigenvalue weighted by atomic mass is 10.1. The monoisotopic (exact) mass is 441 g/mol. The molecule has 0 amide bonds. The molecule has 8 heteroatoms. The van der Waals surface area contributed by atoms with Gasteiger partial charge in [0.05, 0.1) is 25.0 Å². The molecule has 4 rings (SSSR count). The minimum atomic E-state index is -0.401. The van der Waals surface area contributed by atoms with E-state index < -0.39 is 5.25 Å². The minimum Gasteiger partial charge on any atom is -0.497 e. The summed E-state index contributed by atoms with van der Waals surface area (Å²) in [4.78, 5) is 12.8. The van der Waals surface area contributed by atoms with Crippen LogP contribution in [0.25, 0.3) is 11.4 Å². The number of ketones is 1. The fourth-order valence-corrected chi connectivity index (χ4v) is 4.48. The van der Waals surface area contributed by atoms with Crippen LogP contribution in [-0.2, 0) is 11.3 Å². The number of nitrogens with zero attached hydrogens (tertiary/aromatic N) is 3. The lowest BCUT2D eigenvalue weighted by Gasteiger charge is -2.16. The van der Waals surface area contributed by atoms with Gasteiger partial charge in [-0.3, -0.25) is 9.36 Å². The second kappa shape index (κ2) is 9.62. The number of thioether (sulfide) groups is 1. The molecule has 1 saturated heterocycles. The number of ether oxygens (including phenoxy) is 2. The molecule has 0 spiro atoms. The van der Waals surface area contributed by atoms with Crippen molar-refractivity contribution < 1.29 is 18.7 Å². The van der Waals surface area contributed by atoms with Crippen molar-refractivity contribution in [2.45, 2.75) is 42.8 Å². The van der Waals surface area contributed by atoms with Crippen LogP contribution in [-0.4, -0.2) is 45.6 Å². The Bertz CT molecular complexity index is 1030. The molecular weight excluding hydrogens is 417 g/mol. The van der Waals surface area contributed by atoms with Gasteiger partial charge in [-0.25, -0.2) is 4.39 Å². The first kappa shape index (κ1) is 21.5. The largest absolute Gasteiger partial charge is 0.497 e. The molecule has 2 atom stereocenters. The van der Waals surface area contributed by atoms with Gasteiger partial charge in [0.1, 0.15) is 11.6 Å². The second-order valence-corrected chi connectivity index (χ2v) is 8.72. The zero-order valence-corrected chi connectivity index (χ0v) is 18.3. The zero-order chi connectivity index (χ0) is 21.8. The van der Waals surface area contributed by atoms with Crippen LogP contribution in [0, 0.1) is 5.82 Å². The van der Waals surface area contributed by atoms with E-state index in [1.807, 2.05) is 35.8 Å². The van der Waals surface area contributed by atoms with Crippen LogP contribution in [0.4, 0.5) is 4.39 Å². The molecule has 0 saturated carbocycles. The Labute approximate surface area is 184 Å². The highest BCUT2D eigenvalue weighted by Crippen LogP contribution is 2.30. The summed E-state index contributed by atoms with van der Waals surface area (Å²) in [5, 5.41) is 9.06. The van der Waals surface area contributed by atoms with Crippen LogP contribution >= 0.6 is 11.8 Å². The number of hydrogen-bond acceptors (Lipinski definition) is 6. The number of benzene rings is 2. The summed E-state index contributed by atoms with van der Waals surface area (Å²) in [5.74, 6) is 1.05. The van der Waals surface area contributed by atoms with Gasteiger partial charge in [0.15, 0.2) is 16.8 Å². The molecule has 0 aliphatic carbocycles. The van der Waals surface area contributed by atoms with E-state index >= 15 is 0 Å². The van der Waals surface area contributed by atoms with Crippen molar-refractivity contribution >= 4 is 17.5 Å². The quantitative estimate of drug-likeness (QED) is 0.375. The molecule has 2 heterocycles. The van der Waals surface area contributed by atoms with Gasteiger partial charge in [0, 0.05) is 17.7 Å². The minimum absolute atomic E-state index is 0.0809. The van der Waals surface area contributed by atoms with Crippen LogP contribution in [0.3, 0.4) is 0 Å². The van der Waals surface area contributed by atoms with Gasteiger partial charge in [-0.15, -0.1) is 10.2 Å². The molecule has 31 heavy (non-hydrogen) atoms. The smallest absolute Gasteiger partial charge is 0.192 e. The topological polar surface area (TPSA) is 66.2 Å². The second-order valence-electron chi connectivity index (χ2n) is 7.41. The number of Topliss-reactive ketones (excluding diaryl/α,β-unsaturated/α-hetero) is 1. The summed E-state index contributed by atoms with van der Waals surface area (Å²) >= 11 is 1.35. The standard InChI is InChI=1S/C23H24FN3O3S/c1-15(21(28)16-5-9-18(24)10-6-16)31-23-26-25-22(17-7-11-19(29-2)12-8-17)27(23)14-20-4-3-13-30-20/h5-12,15,20H,3-4,13-14H2,1-2H3. The summed E-state index contributed by atoms with van der Waals surface area (Å²) in [6, 6.07) is 13.3. The molecule has 2 unspecified atom stereocenters. The van der Waals surface area contributed by atoms with E-state index in [1.54, 1.807) is 7.11 Å². The summed E-state index contributed by atoms with van der Waals surface area (Å²) in [5.41, 5.74) is 1.39. The Morgan fingerprint density at radius 3 is 2.61 bits per heavy atom. The molecule has 3 aromatic rings. The van der Waals surface area contributed by atoms with Crippen molar-refractivity contribution in [3.8, 4) is 17.1 Å². The maximum Gasteiger partial charge on any atom is 0.192 e. The van der Waals surface area contributed by atoms with Crippen molar-refractivity contribution in [3.05, 3.63) is 59.9 Å². The van der Waals surface area contributed by atoms with E-state index in [1.165, 1.54) is 36.0 Å².